The van der Waals surface area contributed by atoms with Crippen LogP contribution in [0.3, 0.4) is 0 Å². The summed E-state index contributed by atoms with van der Waals surface area (Å²) in [6, 6.07) is 4.77. The monoisotopic (exact) mass is 274 g/mol. The quantitative estimate of drug-likeness (QED) is 0.860. The summed E-state index contributed by atoms with van der Waals surface area (Å²) in [5.74, 6) is 0.417. The molecule has 0 aliphatic carbocycles. The van der Waals surface area contributed by atoms with Gasteiger partial charge in [0.05, 0.1) is 12.2 Å². The molecular weight excluding hydrogens is 265 g/mol. The minimum absolute atomic E-state index is 0.346. The van der Waals surface area contributed by atoms with Crippen LogP contribution in [-0.4, -0.2) is 16.5 Å². The second kappa shape index (κ2) is 5.03. The van der Waals surface area contributed by atoms with E-state index in [0.717, 1.165) is 12.1 Å². The molecule has 0 spiro atoms. The zero-order valence-electron chi connectivity index (χ0n) is 9.36. The maximum Gasteiger partial charge on any atom is 0.416 e. The average Bonchev–Trinajstić information content (AvgIpc) is 2.77. The highest BCUT2D eigenvalue weighted by molar-refractivity contribution is 7.05. The van der Waals surface area contributed by atoms with Crippen molar-refractivity contribution in [1.82, 2.24) is 9.36 Å². The van der Waals surface area contributed by atoms with Crippen molar-refractivity contribution in [3.63, 3.8) is 0 Å². The number of ether oxygens (including phenoxy) is 1. The molecule has 1 aromatic carbocycles. The molecule has 0 aliphatic rings. The first-order valence-corrected chi connectivity index (χ1v) is 5.77. The van der Waals surface area contributed by atoms with Crippen LogP contribution in [-0.2, 0) is 17.5 Å². The van der Waals surface area contributed by atoms with Crippen molar-refractivity contribution < 1.29 is 17.9 Å². The maximum absolute atomic E-state index is 12.4. The lowest BCUT2D eigenvalue weighted by Crippen LogP contribution is -2.04. The Kier molecular flexibility index (Phi) is 3.63. The van der Waals surface area contributed by atoms with Crippen LogP contribution in [0.2, 0.25) is 0 Å². The summed E-state index contributed by atoms with van der Waals surface area (Å²) in [6.45, 7) is 0.346. The third-order valence-corrected chi connectivity index (χ3v) is 2.89. The third-order valence-electron chi connectivity index (χ3n) is 2.21. The van der Waals surface area contributed by atoms with Crippen LogP contribution in [0, 0.1) is 0 Å². The smallest absolute Gasteiger partial charge is 0.377 e. The summed E-state index contributed by atoms with van der Waals surface area (Å²) in [6.07, 6.45) is -4.32. The zero-order valence-corrected chi connectivity index (χ0v) is 10.2. The summed E-state index contributed by atoms with van der Waals surface area (Å²) in [5, 5.41) is 0.687. The average molecular weight is 274 g/mol. The van der Waals surface area contributed by atoms with E-state index in [0.29, 0.717) is 23.0 Å². The lowest BCUT2D eigenvalue weighted by atomic mass is 10.1. The summed E-state index contributed by atoms with van der Waals surface area (Å²) in [4.78, 5) is 4.16. The molecule has 1 heterocycles. The minimum Gasteiger partial charge on any atom is -0.377 e. The van der Waals surface area contributed by atoms with Gasteiger partial charge in [0, 0.05) is 12.7 Å². The maximum atomic E-state index is 12.4. The van der Waals surface area contributed by atoms with Crippen molar-refractivity contribution >= 4 is 11.5 Å². The SMILES string of the molecule is COCc1nc(-c2ccc(C(F)(F)F)cc2)ns1. The van der Waals surface area contributed by atoms with E-state index in [9.17, 15) is 13.2 Å². The fourth-order valence-electron chi connectivity index (χ4n) is 1.36. The van der Waals surface area contributed by atoms with E-state index in [-0.39, 0.29) is 0 Å². The minimum atomic E-state index is -4.32. The highest BCUT2D eigenvalue weighted by Gasteiger charge is 2.30. The van der Waals surface area contributed by atoms with Gasteiger partial charge in [0.25, 0.3) is 0 Å². The molecule has 0 saturated carbocycles. The van der Waals surface area contributed by atoms with Crippen LogP contribution in [0.5, 0.6) is 0 Å². The summed E-state index contributed by atoms with van der Waals surface area (Å²) < 4.78 is 46.1. The van der Waals surface area contributed by atoms with Gasteiger partial charge in [0.1, 0.15) is 5.01 Å². The highest BCUT2D eigenvalue weighted by atomic mass is 32.1. The molecule has 0 atom stereocenters. The number of hydrogen-bond donors (Lipinski definition) is 0. The Morgan fingerprint density at radius 3 is 2.44 bits per heavy atom. The summed E-state index contributed by atoms with van der Waals surface area (Å²) in [7, 11) is 1.54. The number of aromatic nitrogens is 2. The van der Waals surface area contributed by atoms with Crippen molar-refractivity contribution in [2.45, 2.75) is 12.8 Å². The van der Waals surface area contributed by atoms with Crippen LogP contribution in [0.4, 0.5) is 13.2 Å². The van der Waals surface area contributed by atoms with E-state index in [4.69, 9.17) is 4.74 Å². The predicted octanol–water partition coefficient (Wildman–Crippen LogP) is 3.37. The molecule has 0 amide bonds. The number of hydrogen-bond acceptors (Lipinski definition) is 4. The Bertz CT molecular complexity index is 522. The molecule has 0 aliphatic heterocycles. The molecule has 0 radical (unpaired) electrons. The van der Waals surface area contributed by atoms with Crippen molar-refractivity contribution in [3.8, 4) is 11.4 Å². The van der Waals surface area contributed by atoms with Crippen LogP contribution in [0.25, 0.3) is 11.4 Å². The lowest BCUT2D eigenvalue weighted by Gasteiger charge is -2.06. The topological polar surface area (TPSA) is 35.0 Å². The summed E-state index contributed by atoms with van der Waals surface area (Å²) >= 11 is 1.17. The highest BCUT2D eigenvalue weighted by Crippen LogP contribution is 2.30. The fraction of sp³-hybridized carbons (Fsp3) is 0.273. The molecule has 7 heteroatoms. The van der Waals surface area contributed by atoms with Crippen LogP contribution in [0.1, 0.15) is 10.6 Å². The van der Waals surface area contributed by atoms with E-state index in [1.807, 2.05) is 0 Å². The van der Waals surface area contributed by atoms with Gasteiger partial charge in [-0.05, 0) is 23.7 Å². The first-order valence-electron chi connectivity index (χ1n) is 5.00. The summed E-state index contributed by atoms with van der Waals surface area (Å²) in [5.41, 5.74) is -0.125. The molecule has 2 rings (SSSR count). The van der Waals surface area contributed by atoms with Crippen LogP contribution in [0.15, 0.2) is 24.3 Å². The molecule has 2 aromatic rings. The molecule has 0 fully saturated rings. The second-order valence-corrected chi connectivity index (χ2v) is 4.36. The standard InChI is InChI=1S/C11H9F3N2OS/c1-17-6-9-15-10(16-18-9)7-2-4-8(5-3-7)11(12,13)14/h2-5H,6H2,1H3. The van der Waals surface area contributed by atoms with Crippen molar-refractivity contribution in [2.24, 2.45) is 0 Å². The third kappa shape index (κ3) is 2.85. The molecule has 0 N–H and O–H groups in total. The number of benzene rings is 1. The Labute approximate surface area is 105 Å². The van der Waals surface area contributed by atoms with E-state index in [1.54, 1.807) is 7.11 Å². The lowest BCUT2D eigenvalue weighted by molar-refractivity contribution is -0.137. The van der Waals surface area contributed by atoms with E-state index in [2.05, 4.69) is 9.36 Å². The molecule has 3 nitrogen and oxygen atoms in total. The first kappa shape index (κ1) is 13.0. The molecule has 0 unspecified atom stereocenters. The predicted molar refractivity (Wildman–Crippen MR) is 61.1 cm³/mol. The Morgan fingerprint density at radius 2 is 1.89 bits per heavy atom. The van der Waals surface area contributed by atoms with Crippen LogP contribution >= 0.6 is 11.5 Å². The van der Waals surface area contributed by atoms with Gasteiger partial charge in [0.15, 0.2) is 5.82 Å². The normalized spacial score (nSPS) is 11.8. The number of alkyl halides is 3. The molecule has 96 valence electrons. The van der Waals surface area contributed by atoms with Gasteiger partial charge in [-0.3, -0.25) is 0 Å². The van der Waals surface area contributed by atoms with Gasteiger partial charge in [-0.15, -0.1) is 0 Å². The molecule has 0 saturated heterocycles. The Hall–Kier alpha value is -1.47. The van der Waals surface area contributed by atoms with Gasteiger partial charge in [0.2, 0.25) is 0 Å². The largest absolute Gasteiger partial charge is 0.416 e. The molecule has 18 heavy (non-hydrogen) atoms. The molecule has 0 bridgehead atoms. The van der Waals surface area contributed by atoms with E-state index in [1.165, 1.54) is 23.7 Å². The van der Waals surface area contributed by atoms with Crippen LogP contribution < -0.4 is 0 Å². The van der Waals surface area contributed by atoms with Crippen molar-refractivity contribution in [1.29, 1.82) is 0 Å². The molecule has 1 aromatic heterocycles. The van der Waals surface area contributed by atoms with E-state index >= 15 is 0 Å². The van der Waals surface area contributed by atoms with Crippen molar-refractivity contribution in [2.75, 3.05) is 7.11 Å². The second-order valence-electron chi connectivity index (χ2n) is 3.52. The first-order chi connectivity index (χ1) is 8.50. The number of methoxy groups -OCH3 is 1. The Morgan fingerprint density at radius 1 is 1.22 bits per heavy atom. The molecular formula is C11H9F3N2OS. The fourth-order valence-corrected chi connectivity index (χ4v) is 2.00. The Balaban J connectivity index is 2.23. The number of halogens is 3. The van der Waals surface area contributed by atoms with E-state index < -0.39 is 11.7 Å². The van der Waals surface area contributed by atoms with Gasteiger partial charge in [-0.1, -0.05) is 12.1 Å². The van der Waals surface area contributed by atoms with Crippen molar-refractivity contribution in [3.05, 3.63) is 34.8 Å². The van der Waals surface area contributed by atoms with Gasteiger partial charge >= 0.3 is 6.18 Å². The zero-order chi connectivity index (χ0) is 13.2. The number of rotatable bonds is 3. The van der Waals surface area contributed by atoms with Gasteiger partial charge < -0.3 is 4.74 Å². The van der Waals surface area contributed by atoms with Gasteiger partial charge in [-0.2, -0.15) is 17.5 Å². The van der Waals surface area contributed by atoms with Gasteiger partial charge in [-0.25, -0.2) is 4.98 Å². The number of nitrogens with zero attached hydrogens (tertiary/aromatic N) is 2.